The van der Waals surface area contributed by atoms with Gasteiger partial charge in [0.25, 0.3) is 5.91 Å². The molecule has 1 amide bonds. The highest BCUT2D eigenvalue weighted by molar-refractivity contribution is 5.92. The summed E-state index contributed by atoms with van der Waals surface area (Å²) in [6.07, 6.45) is 4.48. The predicted molar refractivity (Wildman–Crippen MR) is 86.7 cm³/mol. The summed E-state index contributed by atoms with van der Waals surface area (Å²) in [5.41, 5.74) is 3.45. The number of fused-ring (bicyclic) bond motifs is 3. The lowest BCUT2D eigenvalue weighted by Crippen LogP contribution is -2.30. The van der Waals surface area contributed by atoms with Gasteiger partial charge >= 0.3 is 0 Å². The van der Waals surface area contributed by atoms with Crippen LogP contribution in [0, 0.1) is 0 Å². The van der Waals surface area contributed by atoms with Crippen molar-refractivity contribution < 1.29 is 13.9 Å². The molecule has 0 saturated carbocycles. The van der Waals surface area contributed by atoms with E-state index in [2.05, 4.69) is 16.4 Å². The van der Waals surface area contributed by atoms with Gasteiger partial charge in [0.2, 0.25) is 0 Å². The first-order valence-electron chi connectivity index (χ1n) is 7.79. The highest BCUT2D eigenvalue weighted by Gasteiger charge is 2.26. The van der Waals surface area contributed by atoms with Crippen molar-refractivity contribution in [3.63, 3.8) is 0 Å². The Kier molecular flexibility index (Phi) is 3.33. The van der Waals surface area contributed by atoms with E-state index >= 15 is 0 Å². The molecule has 0 fully saturated rings. The molecule has 5 nitrogen and oxygen atoms in total. The first kappa shape index (κ1) is 13.9. The number of carbonyl (C=O) groups excluding carboxylic acids is 1. The quantitative estimate of drug-likeness (QED) is 0.777. The van der Waals surface area contributed by atoms with Crippen molar-refractivity contribution >= 4 is 16.8 Å². The number of ether oxygens (including phenoxy) is 1. The van der Waals surface area contributed by atoms with Crippen molar-refractivity contribution in [1.29, 1.82) is 0 Å². The molecule has 0 spiro atoms. The average molecular weight is 310 g/mol. The second-order valence-corrected chi connectivity index (χ2v) is 5.82. The third-order valence-corrected chi connectivity index (χ3v) is 4.46. The molecule has 0 aliphatic heterocycles. The minimum atomic E-state index is -0.177. The molecule has 1 aliphatic carbocycles. The first-order valence-corrected chi connectivity index (χ1v) is 7.79. The highest BCUT2D eigenvalue weighted by Crippen LogP contribution is 2.36. The number of nitrogens with one attached hydrogen (secondary N) is 2. The van der Waals surface area contributed by atoms with Crippen molar-refractivity contribution in [1.82, 2.24) is 10.3 Å². The number of hydrogen-bond donors (Lipinski definition) is 2. The van der Waals surface area contributed by atoms with Gasteiger partial charge in [0.05, 0.1) is 19.4 Å². The van der Waals surface area contributed by atoms with Gasteiger partial charge in [-0.3, -0.25) is 4.79 Å². The zero-order chi connectivity index (χ0) is 15.8. The number of benzene rings is 1. The lowest BCUT2D eigenvalue weighted by Gasteiger charge is -2.23. The number of methoxy groups -OCH3 is 1. The van der Waals surface area contributed by atoms with Crippen LogP contribution >= 0.6 is 0 Å². The summed E-state index contributed by atoms with van der Waals surface area (Å²) < 4.78 is 10.5. The van der Waals surface area contributed by atoms with Gasteiger partial charge < -0.3 is 19.5 Å². The maximum absolute atomic E-state index is 12.3. The fraction of sp³-hybridized carbons (Fsp3) is 0.278. The van der Waals surface area contributed by atoms with Gasteiger partial charge in [0.15, 0.2) is 5.76 Å². The van der Waals surface area contributed by atoms with Crippen LogP contribution in [0.5, 0.6) is 5.75 Å². The number of aromatic amines is 1. The lowest BCUT2D eigenvalue weighted by atomic mass is 9.91. The Morgan fingerprint density at radius 2 is 2.30 bits per heavy atom. The first-order chi connectivity index (χ1) is 11.3. The zero-order valence-corrected chi connectivity index (χ0v) is 12.9. The summed E-state index contributed by atoms with van der Waals surface area (Å²) in [4.78, 5) is 15.7. The fourth-order valence-corrected chi connectivity index (χ4v) is 3.35. The Bertz CT molecular complexity index is 849. The van der Waals surface area contributed by atoms with Gasteiger partial charge in [0.1, 0.15) is 5.75 Å². The average Bonchev–Trinajstić information content (AvgIpc) is 3.22. The van der Waals surface area contributed by atoms with Crippen molar-refractivity contribution in [3.05, 3.63) is 53.6 Å². The molecule has 0 unspecified atom stereocenters. The van der Waals surface area contributed by atoms with Crippen molar-refractivity contribution in [2.45, 2.75) is 25.3 Å². The van der Waals surface area contributed by atoms with Crippen LogP contribution in [-0.2, 0) is 6.42 Å². The van der Waals surface area contributed by atoms with Crippen LogP contribution in [0.3, 0.4) is 0 Å². The molecule has 2 aromatic heterocycles. The van der Waals surface area contributed by atoms with Crippen LogP contribution in [-0.4, -0.2) is 18.0 Å². The summed E-state index contributed by atoms with van der Waals surface area (Å²) in [6.45, 7) is 0. The maximum atomic E-state index is 12.3. The molecular weight excluding hydrogens is 292 g/mol. The Morgan fingerprint density at radius 1 is 1.39 bits per heavy atom. The molecule has 23 heavy (non-hydrogen) atoms. The monoisotopic (exact) mass is 310 g/mol. The standard InChI is InChI=1S/C18H18N2O3/c1-22-11-7-8-14-13(10-11)12-4-2-5-15(17(12)19-14)20-18(21)16-6-3-9-23-16/h3,6-10,15,19H,2,4-5H2,1H3,(H,20,21)/t15-/m1/s1. The fourth-order valence-electron chi connectivity index (χ4n) is 3.35. The van der Waals surface area contributed by atoms with E-state index in [-0.39, 0.29) is 11.9 Å². The molecule has 0 bridgehead atoms. The normalized spacial score (nSPS) is 17.0. The summed E-state index contributed by atoms with van der Waals surface area (Å²) in [5, 5.41) is 4.25. The van der Waals surface area contributed by atoms with Gasteiger partial charge in [-0.1, -0.05) is 0 Å². The topological polar surface area (TPSA) is 67.3 Å². The van der Waals surface area contributed by atoms with E-state index in [9.17, 15) is 4.79 Å². The van der Waals surface area contributed by atoms with E-state index in [1.807, 2.05) is 12.1 Å². The summed E-state index contributed by atoms with van der Waals surface area (Å²) in [6, 6.07) is 9.40. The molecule has 4 rings (SSSR count). The maximum Gasteiger partial charge on any atom is 0.287 e. The second kappa shape index (κ2) is 5.50. The number of H-pyrrole nitrogens is 1. The van der Waals surface area contributed by atoms with E-state index < -0.39 is 0 Å². The van der Waals surface area contributed by atoms with Crippen LogP contribution in [0.4, 0.5) is 0 Å². The number of hydrogen-bond acceptors (Lipinski definition) is 3. The van der Waals surface area contributed by atoms with Gasteiger partial charge in [-0.25, -0.2) is 0 Å². The van der Waals surface area contributed by atoms with Crippen molar-refractivity contribution in [2.75, 3.05) is 7.11 Å². The molecule has 2 N–H and O–H groups in total. The predicted octanol–water partition coefficient (Wildman–Crippen LogP) is 3.58. The van der Waals surface area contributed by atoms with Gasteiger partial charge in [0, 0.05) is 16.6 Å². The molecule has 1 aliphatic rings. The molecule has 0 saturated heterocycles. The van der Waals surface area contributed by atoms with Gasteiger partial charge in [-0.05, 0) is 55.2 Å². The van der Waals surface area contributed by atoms with E-state index in [0.29, 0.717) is 5.76 Å². The molecule has 3 aromatic rings. The number of furan rings is 1. The lowest BCUT2D eigenvalue weighted by molar-refractivity contribution is 0.0904. The summed E-state index contributed by atoms with van der Waals surface area (Å²) in [5.74, 6) is 1.01. The third kappa shape index (κ3) is 2.38. The number of aromatic nitrogens is 1. The van der Waals surface area contributed by atoms with E-state index in [1.165, 1.54) is 17.2 Å². The van der Waals surface area contributed by atoms with Crippen LogP contribution in [0.15, 0.2) is 41.0 Å². The molecule has 2 heterocycles. The zero-order valence-electron chi connectivity index (χ0n) is 12.9. The number of rotatable bonds is 3. The smallest absolute Gasteiger partial charge is 0.287 e. The van der Waals surface area contributed by atoms with Gasteiger partial charge in [-0.2, -0.15) is 0 Å². The molecule has 5 heteroatoms. The highest BCUT2D eigenvalue weighted by atomic mass is 16.5. The summed E-state index contributed by atoms with van der Waals surface area (Å²) >= 11 is 0. The number of aryl methyl sites for hydroxylation is 1. The van der Waals surface area contributed by atoms with E-state index in [4.69, 9.17) is 9.15 Å². The second-order valence-electron chi connectivity index (χ2n) is 5.82. The number of carbonyl (C=O) groups is 1. The Balaban J connectivity index is 1.69. The Morgan fingerprint density at radius 3 is 3.09 bits per heavy atom. The van der Waals surface area contributed by atoms with Gasteiger partial charge in [-0.15, -0.1) is 0 Å². The van der Waals surface area contributed by atoms with E-state index in [0.717, 1.165) is 36.2 Å². The molecule has 118 valence electrons. The van der Waals surface area contributed by atoms with Crippen molar-refractivity contribution in [2.24, 2.45) is 0 Å². The van der Waals surface area contributed by atoms with Crippen LogP contribution in [0.1, 0.15) is 40.7 Å². The molecular formula is C18H18N2O3. The largest absolute Gasteiger partial charge is 0.497 e. The molecule has 1 aromatic carbocycles. The third-order valence-electron chi connectivity index (χ3n) is 4.46. The Labute approximate surface area is 133 Å². The minimum Gasteiger partial charge on any atom is -0.497 e. The summed E-state index contributed by atoms with van der Waals surface area (Å²) in [7, 11) is 1.67. The van der Waals surface area contributed by atoms with Crippen LogP contribution in [0.25, 0.3) is 10.9 Å². The SMILES string of the molecule is COc1ccc2[nH]c3c(c2c1)CCC[C@H]3NC(=O)c1ccco1. The molecule has 1 atom stereocenters. The number of amides is 1. The minimum absolute atomic E-state index is 0.0188. The van der Waals surface area contributed by atoms with Crippen molar-refractivity contribution in [3.8, 4) is 5.75 Å². The van der Waals surface area contributed by atoms with E-state index in [1.54, 1.807) is 19.2 Å². The molecule has 0 radical (unpaired) electrons. The Hall–Kier alpha value is -2.69. The van der Waals surface area contributed by atoms with Crippen LogP contribution < -0.4 is 10.1 Å². The van der Waals surface area contributed by atoms with Crippen LogP contribution in [0.2, 0.25) is 0 Å².